The lowest BCUT2D eigenvalue weighted by molar-refractivity contribution is 0.660. The Morgan fingerprint density at radius 2 is 1.72 bits per heavy atom. The summed E-state index contributed by atoms with van der Waals surface area (Å²) in [6.07, 6.45) is 5.99. The summed E-state index contributed by atoms with van der Waals surface area (Å²) in [4.78, 5) is 4.57. The van der Waals surface area contributed by atoms with Crippen LogP contribution in [0.2, 0.25) is 0 Å². The highest BCUT2D eigenvalue weighted by molar-refractivity contribution is 9.09. The van der Waals surface area contributed by atoms with Gasteiger partial charge in [-0.3, -0.25) is 4.98 Å². The third kappa shape index (κ3) is 3.67. The molecule has 2 atom stereocenters. The van der Waals surface area contributed by atoms with Gasteiger partial charge in [0.15, 0.2) is 0 Å². The number of hydrogen-bond donors (Lipinski definition) is 0. The maximum Gasteiger partial charge on any atom is 0.0270 e. The lowest BCUT2D eigenvalue weighted by Gasteiger charge is -2.18. The van der Waals surface area contributed by atoms with Crippen molar-refractivity contribution in [3.8, 4) is 0 Å². The number of pyridine rings is 1. The zero-order valence-corrected chi connectivity index (χ0v) is 12.2. The van der Waals surface area contributed by atoms with Crippen molar-refractivity contribution in [2.24, 2.45) is 0 Å². The summed E-state index contributed by atoms with van der Waals surface area (Å²) in [5.74, 6) is 0.511. The summed E-state index contributed by atoms with van der Waals surface area (Å²) in [5.41, 5.74) is 2.75. The number of nitrogens with zero attached hydrogens (tertiary/aromatic N) is 1. The topological polar surface area (TPSA) is 12.9 Å². The first-order chi connectivity index (χ1) is 8.77. The van der Waals surface area contributed by atoms with E-state index < -0.39 is 0 Å². The van der Waals surface area contributed by atoms with E-state index in [4.69, 9.17) is 0 Å². The van der Waals surface area contributed by atoms with Crippen molar-refractivity contribution < 1.29 is 0 Å². The van der Waals surface area contributed by atoms with Gasteiger partial charge in [-0.05, 0) is 42.0 Å². The van der Waals surface area contributed by atoms with Gasteiger partial charge in [-0.25, -0.2) is 0 Å². The molecule has 94 valence electrons. The highest BCUT2D eigenvalue weighted by Gasteiger charge is 2.15. The maximum absolute atomic E-state index is 4.07. The summed E-state index contributed by atoms with van der Waals surface area (Å²) in [7, 11) is 0. The van der Waals surface area contributed by atoms with Crippen LogP contribution in [0.5, 0.6) is 0 Å². The smallest absolute Gasteiger partial charge is 0.0270 e. The van der Waals surface area contributed by atoms with Crippen LogP contribution < -0.4 is 0 Å². The minimum absolute atomic E-state index is 0.500. The second-order valence-electron chi connectivity index (χ2n) is 4.61. The van der Waals surface area contributed by atoms with Crippen LogP contribution in [0.25, 0.3) is 0 Å². The minimum Gasteiger partial charge on any atom is -0.265 e. The van der Waals surface area contributed by atoms with E-state index in [-0.39, 0.29) is 0 Å². The molecule has 2 heteroatoms. The van der Waals surface area contributed by atoms with Gasteiger partial charge in [0.25, 0.3) is 0 Å². The molecule has 1 nitrogen and oxygen atoms in total. The van der Waals surface area contributed by atoms with Gasteiger partial charge in [-0.2, -0.15) is 0 Å². The molecule has 0 aliphatic rings. The average molecular weight is 304 g/mol. The predicted octanol–water partition coefficient (Wildman–Crippen LogP) is 4.58. The number of aryl methyl sites for hydroxylation is 1. The van der Waals surface area contributed by atoms with Crippen molar-refractivity contribution in [3.63, 3.8) is 0 Å². The van der Waals surface area contributed by atoms with E-state index in [1.165, 1.54) is 11.1 Å². The van der Waals surface area contributed by atoms with E-state index in [0.29, 0.717) is 10.7 Å². The van der Waals surface area contributed by atoms with Gasteiger partial charge in [-0.1, -0.05) is 53.2 Å². The van der Waals surface area contributed by atoms with Gasteiger partial charge in [0, 0.05) is 17.2 Å². The lowest BCUT2D eigenvalue weighted by Crippen LogP contribution is -2.10. The Labute approximate surface area is 117 Å². The molecule has 0 aliphatic heterocycles. The van der Waals surface area contributed by atoms with Crippen molar-refractivity contribution >= 4 is 15.9 Å². The van der Waals surface area contributed by atoms with Gasteiger partial charge >= 0.3 is 0 Å². The fraction of sp³-hybridized carbons (Fsp3) is 0.312. The second kappa shape index (κ2) is 6.69. The van der Waals surface area contributed by atoms with E-state index in [0.717, 1.165) is 12.8 Å². The molecule has 2 unspecified atom stereocenters. The standard InChI is InChI=1S/C16H18BrN/c1-13(15-9-11-18-12-10-15)16(17)8-7-14-5-3-2-4-6-14/h2-6,9-13,16H,7-8H2,1H3. The van der Waals surface area contributed by atoms with E-state index >= 15 is 0 Å². The Morgan fingerprint density at radius 1 is 1.06 bits per heavy atom. The van der Waals surface area contributed by atoms with Crippen LogP contribution in [-0.4, -0.2) is 9.81 Å². The molecule has 0 fully saturated rings. The lowest BCUT2D eigenvalue weighted by atomic mass is 9.95. The van der Waals surface area contributed by atoms with Gasteiger partial charge in [0.1, 0.15) is 0 Å². The van der Waals surface area contributed by atoms with E-state index in [1.807, 2.05) is 12.4 Å². The Bertz CT molecular complexity index is 455. The molecule has 1 aromatic heterocycles. The fourth-order valence-corrected chi connectivity index (χ4v) is 2.61. The molecule has 1 heterocycles. The van der Waals surface area contributed by atoms with E-state index in [2.05, 4.69) is 70.3 Å². The van der Waals surface area contributed by atoms with Gasteiger partial charge in [0.05, 0.1) is 0 Å². The maximum atomic E-state index is 4.07. The highest BCUT2D eigenvalue weighted by Crippen LogP contribution is 2.27. The normalized spacial score (nSPS) is 14.1. The third-order valence-corrected chi connectivity index (χ3v) is 4.58. The fourth-order valence-electron chi connectivity index (χ4n) is 2.08. The summed E-state index contributed by atoms with van der Waals surface area (Å²) in [6, 6.07) is 14.8. The van der Waals surface area contributed by atoms with Gasteiger partial charge in [0.2, 0.25) is 0 Å². The molecule has 18 heavy (non-hydrogen) atoms. The summed E-state index contributed by atoms with van der Waals surface area (Å²) in [6.45, 7) is 2.26. The number of alkyl halides is 1. The second-order valence-corrected chi connectivity index (χ2v) is 5.79. The average Bonchev–Trinajstić information content (AvgIpc) is 2.46. The molecular formula is C16H18BrN. The SMILES string of the molecule is CC(c1ccncc1)C(Br)CCc1ccccc1. The van der Waals surface area contributed by atoms with Crippen LogP contribution >= 0.6 is 15.9 Å². The van der Waals surface area contributed by atoms with Crippen LogP contribution in [0, 0.1) is 0 Å². The zero-order chi connectivity index (χ0) is 12.8. The number of rotatable bonds is 5. The minimum atomic E-state index is 0.500. The quantitative estimate of drug-likeness (QED) is 0.737. The van der Waals surface area contributed by atoms with Crippen molar-refractivity contribution in [2.75, 3.05) is 0 Å². The molecule has 0 bridgehead atoms. The number of hydrogen-bond acceptors (Lipinski definition) is 1. The Hall–Kier alpha value is -1.15. The number of benzene rings is 1. The van der Waals surface area contributed by atoms with Gasteiger partial charge < -0.3 is 0 Å². The van der Waals surface area contributed by atoms with Crippen LogP contribution in [0.4, 0.5) is 0 Å². The molecule has 0 N–H and O–H groups in total. The molecule has 0 saturated heterocycles. The molecule has 2 rings (SSSR count). The molecule has 0 spiro atoms. The van der Waals surface area contributed by atoms with Gasteiger partial charge in [-0.15, -0.1) is 0 Å². The van der Waals surface area contributed by atoms with Crippen LogP contribution in [0.3, 0.4) is 0 Å². The molecule has 0 amide bonds. The third-order valence-electron chi connectivity index (χ3n) is 3.33. The highest BCUT2D eigenvalue weighted by atomic mass is 79.9. The number of aromatic nitrogens is 1. The summed E-state index contributed by atoms with van der Waals surface area (Å²) >= 11 is 3.82. The Balaban J connectivity index is 1.90. The first-order valence-corrected chi connectivity index (χ1v) is 7.27. The van der Waals surface area contributed by atoms with Crippen molar-refractivity contribution in [2.45, 2.75) is 30.5 Å². The Kier molecular flexibility index (Phi) is 4.94. The summed E-state index contributed by atoms with van der Waals surface area (Å²) < 4.78 is 0. The Morgan fingerprint density at radius 3 is 2.39 bits per heavy atom. The van der Waals surface area contributed by atoms with Crippen LogP contribution in [-0.2, 0) is 6.42 Å². The van der Waals surface area contributed by atoms with Crippen LogP contribution in [0.15, 0.2) is 54.9 Å². The predicted molar refractivity (Wildman–Crippen MR) is 80.1 cm³/mol. The monoisotopic (exact) mass is 303 g/mol. The van der Waals surface area contributed by atoms with E-state index in [9.17, 15) is 0 Å². The molecule has 0 saturated carbocycles. The molecular weight excluding hydrogens is 286 g/mol. The van der Waals surface area contributed by atoms with Crippen molar-refractivity contribution in [1.29, 1.82) is 0 Å². The molecule has 0 radical (unpaired) electrons. The zero-order valence-electron chi connectivity index (χ0n) is 10.6. The first kappa shape index (κ1) is 13.3. The number of halogens is 1. The first-order valence-electron chi connectivity index (χ1n) is 6.35. The molecule has 1 aromatic carbocycles. The molecule has 0 aliphatic carbocycles. The summed E-state index contributed by atoms with van der Waals surface area (Å²) in [5, 5.41) is 0. The van der Waals surface area contributed by atoms with Crippen LogP contribution in [0.1, 0.15) is 30.4 Å². The van der Waals surface area contributed by atoms with Crippen molar-refractivity contribution in [3.05, 3.63) is 66.0 Å². The largest absolute Gasteiger partial charge is 0.265 e. The molecule has 2 aromatic rings. The van der Waals surface area contributed by atoms with E-state index in [1.54, 1.807) is 0 Å². The van der Waals surface area contributed by atoms with Crippen molar-refractivity contribution in [1.82, 2.24) is 4.98 Å².